The van der Waals surface area contributed by atoms with Gasteiger partial charge in [0.1, 0.15) is 0 Å². The molecule has 36 heavy (non-hydrogen) atoms. The zero-order valence-electron chi connectivity index (χ0n) is 20.6. The van der Waals surface area contributed by atoms with Crippen molar-refractivity contribution in [1.82, 2.24) is 23.9 Å². The maximum absolute atomic E-state index is 12.3. The van der Waals surface area contributed by atoms with Crippen molar-refractivity contribution in [3.05, 3.63) is 38.0 Å². The lowest BCUT2D eigenvalue weighted by Gasteiger charge is -2.36. The fraction of sp³-hybridized carbons (Fsp3) is 0.600. The lowest BCUT2D eigenvalue weighted by Crippen LogP contribution is -2.45. The van der Waals surface area contributed by atoms with Gasteiger partial charge >= 0.3 is 0 Å². The number of hydrogen-bond acceptors (Lipinski definition) is 5. The van der Waals surface area contributed by atoms with Gasteiger partial charge in [-0.1, -0.05) is 17.7 Å². The highest BCUT2D eigenvalue weighted by molar-refractivity contribution is 14.1. The minimum absolute atomic E-state index is 0.331. The predicted octanol–water partition coefficient (Wildman–Crippen LogP) is 3.60. The summed E-state index contributed by atoms with van der Waals surface area (Å²) >= 11 is 8.47. The number of halogens is 2. The summed E-state index contributed by atoms with van der Waals surface area (Å²) in [5.74, 6) is 0.331. The highest BCUT2D eigenvalue weighted by Gasteiger charge is 2.31. The fourth-order valence-electron chi connectivity index (χ4n) is 5.76. The third-order valence-electron chi connectivity index (χ3n) is 7.71. The van der Waals surface area contributed by atoms with Crippen molar-refractivity contribution in [3.63, 3.8) is 0 Å². The van der Waals surface area contributed by atoms with Crippen LogP contribution in [0.2, 0.25) is 5.02 Å². The number of benzene rings is 1. The van der Waals surface area contributed by atoms with Crippen LogP contribution in [0, 0.1) is 3.57 Å². The van der Waals surface area contributed by atoms with Crippen LogP contribution >= 0.6 is 34.2 Å². The first-order valence-corrected chi connectivity index (χ1v) is 16.0. The first-order valence-electron chi connectivity index (χ1n) is 12.7. The summed E-state index contributed by atoms with van der Waals surface area (Å²) in [4.78, 5) is 16.7. The molecule has 2 aromatic rings. The summed E-state index contributed by atoms with van der Waals surface area (Å²) in [6.07, 6.45) is 6.76. The molecule has 0 atom stereocenters. The van der Waals surface area contributed by atoms with E-state index in [0.717, 1.165) is 84.5 Å². The Kier molecular flexibility index (Phi) is 7.98. The van der Waals surface area contributed by atoms with Gasteiger partial charge in [-0.3, -0.25) is 9.48 Å². The van der Waals surface area contributed by atoms with Gasteiger partial charge < -0.3 is 9.80 Å². The van der Waals surface area contributed by atoms with Gasteiger partial charge in [0.25, 0.3) is 0 Å². The van der Waals surface area contributed by atoms with Crippen molar-refractivity contribution < 1.29 is 13.2 Å². The molecular formula is C25H33ClIN5O3S. The number of carbonyl (C=O) groups is 1. The van der Waals surface area contributed by atoms with E-state index < -0.39 is 10.0 Å². The van der Waals surface area contributed by atoms with Gasteiger partial charge in [0, 0.05) is 78.5 Å². The minimum atomic E-state index is -3.28. The topological polar surface area (TPSA) is 78.8 Å². The first-order chi connectivity index (χ1) is 17.2. The molecule has 11 heteroatoms. The molecule has 5 rings (SSSR count). The lowest BCUT2D eigenvalue weighted by atomic mass is 10.0. The quantitative estimate of drug-likeness (QED) is 0.430. The van der Waals surface area contributed by atoms with E-state index in [4.69, 9.17) is 16.7 Å². The lowest BCUT2D eigenvalue weighted by molar-refractivity contribution is -0.130. The Bertz CT molecular complexity index is 1240. The van der Waals surface area contributed by atoms with Crippen LogP contribution in [0.25, 0.3) is 11.3 Å². The number of aryl methyl sites for hydroxylation is 1. The SMILES string of the molecule is CS(=O)(=O)N1CCc2c(c(-c3ccc(Cl)c(I)c3)nn2CCCN2CCC(N3CCCC3=O)CC2)C1. The maximum atomic E-state index is 12.3. The molecule has 3 aliphatic heterocycles. The van der Waals surface area contributed by atoms with Crippen LogP contribution < -0.4 is 0 Å². The average Bonchev–Trinajstić information content (AvgIpc) is 3.44. The number of carbonyl (C=O) groups excluding carboxylic acids is 1. The molecule has 4 heterocycles. The Labute approximate surface area is 232 Å². The Morgan fingerprint density at radius 2 is 1.89 bits per heavy atom. The number of amides is 1. The highest BCUT2D eigenvalue weighted by Crippen LogP contribution is 2.33. The second kappa shape index (κ2) is 10.9. The maximum Gasteiger partial charge on any atom is 0.222 e. The van der Waals surface area contributed by atoms with Gasteiger partial charge in [0.05, 0.1) is 17.0 Å². The van der Waals surface area contributed by atoms with Gasteiger partial charge in [-0.15, -0.1) is 0 Å². The van der Waals surface area contributed by atoms with Crippen LogP contribution in [0.15, 0.2) is 18.2 Å². The smallest absolute Gasteiger partial charge is 0.222 e. The molecule has 2 fully saturated rings. The number of nitrogens with zero attached hydrogens (tertiary/aromatic N) is 5. The Morgan fingerprint density at radius 3 is 2.56 bits per heavy atom. The normalized spacial score (nSPS) is 20.3. The van der Waals surface area contributed by atoms with Crippen molar-refractivity contribution in [2.45, 2.75) is 57.7 Å². The van der Waals surface area contributed by atoms with E-state index in [9.17, 15) is 13.2 Å². The van der Waals surface area contributed by atoms with Crippen LogP contribution in [0.5, 0.6) is 0 Å². The molecule has 1 aromatic carbocycles. The standard InChI is InChI=1S/C25H33ClIN5O3S/c1-36(34,35)30-15-9-23-20(17-30)25(18-5-6-21(26)22(27)16-18)28-32(23)12-3-10-29-13-7-19(8-14-29)31-11-2-4-24(31)33/h5-6,16,19H,2-4,7-15,17H2,1H3. The second-order valence-corrected chi connectivity index (χ2v) is 13.6. The van der Waals surface area contributed by atoms with Crippen LogP contribution in [-0.2, 0) is 34.3 Å². The molecule has 3 aliphatic rings. The zero-order chi connectivity index (χ0) is 25.4. The average molecular weight is 646 g/mol. The van der Waals surface area contributed by atoms with E-state index in [1.165, 1.54) is 6.26 Å². The summed E-state index contributed by atoms with van der Waals surface area (Å²) in [6, 6.07) is 6.27. The van der Waals surface area contributed by atoms with Crippen molar-refractivity contribution in [2.24, 2.45) is 0 Å². The summed E-state index contributed by atoms with van der Waals surface area (Å²) < 4.78 is 29.1. The summed E-state index contributed by atoms with van der Waals surface area (Å²) in [7, 11) is -3.28. The van der Waals surface area contributed by atoms with Gasteiger partial charge in [0.15, 0.2) is 0 Å². The van der Waals surface area contributed by atoms with Gasteiger partial charge in [-0.25, -0.2) is 8.42 Å². The van der Waals surface area contributed by atoms with E-state index in [1.54, 1.807) is 4.31 Å². The van der Waals surface area contributed by atoms with Crippen LogP contribution in [0.3, 0.4) is 0 Å². The van der Waals surface area contributed by atoms with Crippen molar-refractivity contribution >= 4 is 50.1 Å². The molecule has 0 aliphatic carbocycles. The third-order valence-corrected chi connectivity index (χ3v) is 10.5. The van der Waals surface area contributed by atoms with Crippen LogP contribution in [-0.4, -0.2) is 83.2 Å². The van der Waals surface area contributed by atoms with E-state index in [1.807, 2.05) is 18.2 Å². The zero-order valence-corrected chi connectivity index (χ0v) is 24.4. The number of rotatable bonds is 7. The van der Waals surface area contributed by atoms with Crippen LogP contribution in [0.4, 0.5) is 0 Å². The van der Waals surface area contributed by atoms with Gasteiger partial charge in [-0.2, -0.15) is 9.40 Å². The number of aromatic nitrogens is 2. The molecule has 0 bridgehead atoms. The van der Waals surface area contributed by atoms with Crippen LogP contribution in [0.1, 0.15) is 43.4 Å². The number of piperidine rings is 1. The summed E-state index contributed by atoms with van der Waals surface area (Å²) in [5, 5.41) is 5.69. The Morgan fingerprint density at radius 1 is 1.11 bits per heavy atom. The fourth-order valence-corrected chi connectivity index (χ4v) is 7.18. The molecule has 0 unspecified atom stereocenters. The Hall–Kier alpha value is -1.21. The van der Waals surface area contributed by atoms with Crippen molar-refractivity contribution in [1.29, 1.82) is 0 Å². The number of likely N-dealkylation sites (tertiary alicyclic amines) is 2. The molecule has 1 amide bonds. The molecule has 2 saturated heterocycles. The minimum Gasteiger partial charge on any atom is -0.340 e. The largest absolute Gasteiger partial charge is 0.340 e. The van der Waals surface area contributed by atoms with E-state index in [-0.39, 0.29) is 0 Å². The third kappa shape index (κ3) is 5.62. The van der Waals surface area contributed by atoms with Crippen molar-refractivity contribution in [3.8, 4) is 11.3 Å². The van der Waals surface area contributed by atoms with Crippen molar-refractivity contribution in [2.75, 3.05) is 39.0 Å². The molecule has 0 saturated carbocycles. The summed E-state index contributed by atoms with van der Waals surface area (Å²) in [6.45, 7) is 5.63. The highest BCUT2D eigenvalue weighted by atomic mass is 127. The molecular weight excluding hydrogens is 613 g/mol. The molecule has 196 valence electrons. The predicted molar refractivity (Wildman–Crippen MR) is 149 cm³/mol. The number of hydrogen-bond donors (Lipinski definition) is 0. The van der Waals surface area contributed by atoms with E-state index >= 15 is 0 Å². The molecule has 0 N–H and O–H groups in total. The number of fused-ring (bicyclic) bond motifs is 1. The van der Waals surface area contributed by atoms with E-state index in [0.29, 0.717) is 42.9 Å². The monoisotopic (exact) mass is 645 g/mol. The summed E-state index contributed by atoms with van der Waals surface area (Å²) in [5.41, 5.74) is 3.96. The van der Waals surface area contributed by atoms with E-state index in [2.05, 4.69) is 37.1 Å². The number of sulfonamides is 1. The molecule has 0 radical (unpaired) electrons. The second-order valence-electron chi connectivity index (χ2n) is 10.1. The van der Waals surface area contributed by atoms with Gasteiger partial charge in [0.2, 0.25) is 15.9 Å². The molecule has 0 spiro atoms. The first kappa shape index (κ1) is 26.4. The Balaban J connectivity index is 1.27. The molecule has 8 nitrogen and oxygen atoms in total. The molecule has 1 aromatic heterocycles. The van der Waals surface area contributed by atoms with Gasteiger partial charge in [-0.05, 0) is 67.0 Å².